The highest BCUT2D eigenvalue weighted by atomic mass is 79.9. The summed E-state index contributed by atoms with van der Waals surface area (Å²) < 4.78 is 27.7. The molecule has 0 fully saturated rings. The van der Waals surface area contributed by atoms with Gasteiger partial charge in [0.05, 0.1) is 29.4 Å². The number of benzene rings is 3. The SMILES string of the molecule is CCOc1cc(C=Nn2c(C(C)C)nc3ccc(Br)cc3c2=O)c(Br)c(Cl)c1OCC(=O)Nc1ccccc1F. The molecule has 0 saturated carbocycles. The van der Waals surface area contributed by atoms with Crippen LogP contribution in [0.15, 0.2) is 67.4 Å². The van der Waals surface area contributed by atoms with Gasteiger partial charge in [0.1, 0.15) is 16.7 Å². The Hall–Kier alpha value is -3.28. The number of rotatable bonds is 9. The van der Waals surface area contributed by atoms with E-state index in [9.17, 15) is 14.0 Å². The molecule has 0 aliphatic rings. The zero-order valence-electron chi connectivity index (χ0n) is 21.7. The van der Waals surface area contributed by atoms with E-state index in [1.165, 1.54) is 29.1 Å². The van der Waals surface area contributed by atoms with Crippen LogP contribution in [0.5, 0.6) is 11.5 Å². The van der Waals surface area contributed by atoms with Gasteiger partial charge in [-0.3, -0.25) is 9.59 Å². The Morgan fingerprint density at radius 3 is 2.65 bits per heavy atom. The van der Waals surface area contributed by atoms with Crippen molar-refractivity contribution in [1.29, 1.82) is 0 Å². The maximum atomic E-state index is 13.9. The number of hydrogen-bond donors (Lipinski definition) is 1. The maximum Gasteiger partial charge on any atom is 0.282 e. The number of hydrogen-bond acceptors (Lipinski definition) is 6. The van der Waals surface area contributed by atoms with Crippen LogP contribution in [0.1, 0.15) is 38.1 Å². The van der Waals surface area contributed by atoms with Crippen LogP contribution in [0.3, 0.4) is 0 Å². The van der Waals surface area contributed by atoms with E-state index in [0.717, 1.165) is 4.47 Å². The van der Waals surface area contributed by atoms with Crippen LogP contribution in [0.25, 0.3) is 10.9 Å². The first-order valence-electron chi connectivity index (χ1n) is 12.2. The average Bonchev–Trinajstić information content (AvgIpc) is 2.92. The van der Waals surface area contributed by atoms with Crippen LogP contribution in [0.4, 0.5) is 10.1 Å². The lowest BCUT2D eigenvalue weighted by atomic mass is 10.2. The normalized spacial score (nSPS) is 11.4. The minimum absolute atomic E-state index is 0.0338. The predicted octanol–water partition coefficient (Wildman–Crippen LogP) is 7.14. The molecule has 0 aliphatic heterocycles. The van der Waals surface area contributed by atoms with Gasteiger partial charge in [-0.1, -0.05) is 53.5 Å². The first-order chi connectivity index (χ1) is 19.1. The number of anilines is 1. The molecule has 0 aliphatic carbocycles. The van der Waals surface area contributed by atoms with Crippen molar-refractivity contribution in [2.24, 2.45) is 5.10 Å². The smallest absolute Gasteiger partial charge is 0.282 e. The molecule has 0 unspecified atom stereocenters. The van der Waals surface area contributed by atoms with Gasteiger partial charge in [0, 0.05) is 20.4 Å². The highest BCUT2D eigenvalue weighted by Crippen LogP contribution is 2.42. The molecule has 40 heavy (non-hydrogen) atoms. The average molecular weight is 695 g/mol. The van der Waals surface area contributed by atoms with Crippen molar-refractivity contribution in [3.8, 4) is 11.5 Å². The molecule has 8 nitrogen and oxygen atoms in total. The van der Waals surface area contributed by atoms with Crippen molar-refractivity contribution >= 4 is 72.2 Å². The fraction of sp³-hybridized carbons (Fsp3) is 0.214. The minimum Gasteiger partial charge on any atom is -0.490 e. The van der Waals surface area contributed by atoms with Gasteiger partial charge in [-0.05, 0) is 59.3 Å². The van der Waals surface area contributed by atoms with Gasteiger partial charge in [-0.15, -0.1) is 0 Å². The number of para-hydroxylation sites is 1. The van der Waals surface area contributed by atoms with Gasteiger partial charge in [0.2, 0.25) is 0 Å². The third kappa shape index (κ3) is 6.54. The van der Waals surface area contributed by atoms with E-state index in [1.54, 1.807) is 31.2 Å². The third-order valence-electron chi connectivity index (χ3n) is 5.61. The molecule has 12 heteroatoms. The number of carbonyl (C=O) groups is 1. The van der Waals surface area contributed by atoms with Gasteiger partial charge in [0.15, 0.2) is 18.1 Å². The van der Waals surface area contributed by atoms with Crippen LogP contribution in [0.2, 0.25) is 5.02 Å². The molecule has 1 amide bonds. The van der Waals surface area contributed by atoms with E-state index < -0.39 is 18.3 Å². The molecule has 1 heterocycles. The third-order valence-corrected chi connectivity index (χ3v) is 7.55. The Morgan fingerprint density at radius 1 is 1.20 bits per heavy atom. The zero-order valence-corrected chi connectivity index (χ0v) is 25.6. The summed E-state index contributed by atoms with van der Waals surface area (Å²) >= 11 is 13.5. The summed E-state index contributed by atoms with van der Waals surface area (Å²) in [6.07, 6.45) is 1.46. The Kier molecular flexibility index (Phi) is 9.60. The Bertz CT molecular complexity index is 1680. The van der Waals surface area contributed by atoms with Gasteiger partial charge < -0.3 is 14.8 Å². The molecule has 3 aromatic carbocycles. The second kappa shape index (κ2) is 12.9. The zero-order chi connectivity index (χ0) is 29.0. The van der Waals surface area contributed by atoms with E-state index in [0.29, 0.717) is 26.8 Å². The summed E-state index contributed by atoms with van der Waals surface area (Å²) in [5.74, 6) is -0.369. The fourth-order valence-corrected chi connectivity index (χ4v) is 4.77. The van der Waals surface area contributed by atoms with E-state index in [1.807, 2.05) is 19.9 Å². The summed E-state index contributed by atoms with van der Waals surface area (Å²) in [5.41, 5.74) is 0.783. The molecular formula is C28H24Br2ClFN4O4. The second-order valence-corrected chi connectivity index (χ2v) is 10.9. The van der Waals surface area contributed by atoms with Crippen molar-refractivity contribution in [2.75, 3.05) is 18.5 Å². The first-order valence-corrected chi connectivity index (χ1v) is 14.2. The highest BCUT2D eigenvalue weighted by Gasteiger charge is 2.20. The molecule has 0 bridgehead atoms. The van der Waals surface area contributed by atoms with Crippen molar-refractivity contribution < 1.29 is 18.7 Å². The van der Waals surface area contributed by atoms with Gasteiger partial charge in [-0.25, -0.2) is 9.37 Å². The first kappa shape index (κ1) is 29.7. The van der Waals surface area contributed by atoms with E-state index in [2.05, 4.69) is 47.3 Å². The molecule has 0 atom stereocenters. The van der Waals surface area contributed by atoms with Crippen molar-refractivity contribution in [3.05, 3.63) is 90.1 Å². The number of halogens is 4. The molecule has 0 spiro atoms. The molecule has 208 valence electrons. The summed E-state index contributed by atoms with van der Waals surface area (Å²) in [6, 6.07) is 12.7. The van der Waals surface area contributed by atoms with E-state index in [-0.39, 0.29) is 40.3 Å². The number of amides is 1. The lowest BCUT2D eigenvalue weighted by molar-refractivity contribution is -0.118. The number of aromatic nitrogens is 2. The summed E-state index contributed by atoms with van der Waals surface area (Å²) in [4.78, 5) is 30.4. The van der Waals surface area contributed by atoms with Crippen LogP contribution < -0.4 is 20.3 Å². The number of carbonyl (C=O) groups excluding carboxylic acids is 1. The van der Waals surface area contributed by atoms with Gasteiger partial charge in [-0.2, -0.15) is 9.78 Å². The summed E-state index contributed by atoms with van der Waals surface area (Å²) in [7, 11) is 0. The number of nitrogens with one attached hydrogen (secondary N) is 1. The largest absolute Gasteiger partial charge is 0.490 e. The van der Waals surface area contributed by atoms with Crippen molar-refractivity contribution in [3.63, 3.8) is 0 Å². The Morgan fingerprint density at radius 2 is 1.95 bits per heavy atom. The number of fused-ring (bicyclic) bond motifs is 1. The van der Waals surface area contributed by atoms with Crippen LogP contribution in [0, 0.1) is 5.82 Å². The van der Waals surface area contributed by atoms with Crippen molar-refractivity contribution in [2.45, 2.75) is 26.7 Å². The number of ether oxygens (including phenoxy) is 2. The van der Waals surface area contributed by atoms with Gasteiger partial charge >= 0.3 is 0 Å². The quantitative estimate of drug-likeness (QED) is 0.188. The van der Waals surface area contributed by atoms with Crippen LogP contribution in [-0.2, 0) is 4.79 Å². The molecule has 0 saturated heterocycles. The lowest BCUT2D eigenvalue weighted by Crippen LogP contribution is -2.23. The standard InChI is InChI=1S/C28H24Br2ClFN4O4/c1-4-39-22-11-16(13-33-36-27(15(2)3)35-20-10-9-17(29)12-18(20)28(36)38)24(30)25(31)26(22)40-14-23(37)34-21-8-6-5-7-19(21)32/h5-13,15H,4,14H2,1-3H3,(H,34,37). The molecule has 0 radical (unpaired) electrons. The lowest BCUT2D eigenvalue weighted by Gasteiger charge is -2.16. The predicted molar refractivity (Wildman–Crippen MR) is 162 cm³/mol. The van der Waals surface area contributed by atoms with Gasteiger partial charge in [0.25, 0.3) is 11.5 Å². The van der Waals surface area contributed by atoms with E-state index in [4.69, 9.17) is 21.1 Å². The summed E-state index contributed by atoms with van der Waals surface area (Å²) in [5, 5.41) is 7.46. The molecule has 4 rings (SSSR count). The van der Waals surface area contributed by atoms with E-state index >= 15 is 0 Å². The number of nitrogens with zero attached hydrogens (tertiary/aromatic N) is 3. The monoisotopic (exact) mass is 692 g/mol. The topological polar surface area (TPSA) is 94.8 Å². The van der Waals surface area contributed by atoms with Crippen molar-refractivity contribution in [1.82, 2.24) is 9.66 Å². The minimum atomic E-state index is -0.582. The Balaban J connectivity index is 1.67. The molecule has 4 aromatic rings. The molecular weight excluding hydrogens is 671 g/mol. The highest BCUT2D eigenvalue weighted by molar-refractivity contribution is 9.10. The fourth-order valence-electron chi connectivity index (χ4n) is 3.75. The molecule has 1 aromatic heterocycles. The summed E-state index contributed by atoms with van der Waals surface area (Å²) in [6.45, 7) is 5.47. The molecule has 1 N–H and O–H groups in total. The van der Waals surface area contributed by atoms with Crippen LogP contribution in [-0.4, -0.2) is 35.0 Å². The second-order valence-electron chi connectivity index (χ2n) is 8.82. The Labute approximate surface area is 251 Å². The van der Waals surface area contributed by atoms with Crippen LogP contribution >= 0.6 is 43.5 Å². The maximum absolute atomic E-state index is 13.9.